The zero-order valence-corrected chi connectivity index (χ0v) is 14.9. The van der Waals surface area contributed by atoms with Gasteiger partial charge >= 0.3 is 6.18 Å². The van der Waals surface area contributed by atoms with Crippen molar-refractivity contribution in [2.45, 2.75) is 44.9 Å². The fourth-order valence-corrected chi connectivity index (χ4v) is 3.19. The van der Waals surface area contributed by atoms with Gasteiger partial charge in [0, 0.05) is 30.4 Å². The summed E-state index contributed by atoms with van der Waals surface area (Å²) in [5.41, 5.74) is 0.577. The maximum absolute atomic E-state index is 12.7. The lowest BCUT2D eigenvalue weighted by atomic mass is 10.0. The van der Waals surface area contributed by atoms with E-state index in [1.165, 1.54) is 12.1 Å². The SMILES string of the molecule is CC(C)N1CCCC(Nc2nccc(-c3ccc(C(F)(F)F)cc3)n2)C1. The Balaban J connectivity index is 1.72. The smallest absolute Gasteiger partial charge is 0.350 e. The third-order valence-corrected chi connectivity index (χ3v) is 4.68. The molecule has 2 heterocycles. The van der Waals surface area contributed by atoms with Crippen LogP contribution in [0.15, 0.2) is 36.5 Å². The normalized spacial score (nSPS) is 18.9. The standard InChI is InChI=1S/C19H23F3N4/c1-13(2)26-11-3-4-16(12-26)24-18-23-10-9-17(25-18)14-5-7-15(8-6-14)19(20,21)22/h5-10,13,16H,3-4,11-12H2,1-2H3,(H,23,24,25). The van der Waals surface area contributed by atoms with Gasteiger partial charge in [0.2, 0.25) is 5.95 Å². The van der Waals surface area contributed by atoms with Crippen LogP contribution in [0, 0.1) is 0 Å². The maximum Gasteiger partial charge on any atom is 0.416 e. The molecule has 0 bridgehead atoms. The largest absolute Gasteiger partial charge is 0.416 e. The van der Waals surface area contributed by atoms with Crippen LogP contribution in [0.4, 0.5) is 19.1 Å². The number of likely N-dealkylation sites (tertiary alicyclic amines) is 1. The molecule has 7 heteroatoms. The molecule has 1 aliphatic rings. The van der Waals surface area contributed by atoms with E-state index in [-0.39, 0.29) is 6.04 Å². The molecule has 26 heavy (non-hydrogen) atoms. The third-order valence-electron chi connectivity index (χ3n) is 4.68. The number of nitrogens with zero attached hydrogens (tertiary/aromatic N) is 3. The van der Waals surface area contributed by atoms with Gasteiger partial charge in [-0.2, -0.15) is 13.2 Å². The highest BCUT2D eigenvalue weighted by Crippen LogP contribution is 2.30. The molecular weight excluding hydrogens is 341 g/mol. The van der Waals surface area contributed by atoms with E-state index in [9.17, 15) is 13.2 Å². The van der Waals surface area contributed by atoms with Crippen LogP contribution in [-0.4, -0.2) is 40.0 Å². The molecule has 1 fully saturated rings. The van der Waals surface area contributed by atoms with E-state index >= 15 is 0 Å². The number of nitrogens with one attached hydrogen (secondary N) is 1. The molecule has 4 nitrogen and oxygen atoms in total. The summed E-state index contributed by atoms with van der Waals surface area (Å²) in [6.45, 7) is 6.40. The van der Waals surface area contributed by atoms with Crippen LogP contribution in [0.1, 0.15) is 32.3 Å². The second kappa shape index (κ2) is 7.61. The maximum atomic E-state index is 12.7. The van der Waals surface area contributed by atoms with Crippen molar-refractivity contribution in [1.82, 2.24) is 14.9 Å². The van der Waals surface area contributed by atoms with Crippen molar-refractivity contribution in [3.63, 3.8) is 0 Å². The summed E-state index contributed by atoms with van der Waals surface area (Å²) in [6.07, 6.45) is -0.531. The minimum atomic E-state index is -4.33. The van der Waals surface area contributed by atoms with E-state index in [4.69, 9.17) is 0 Å². The predicted octanol–water partition coefficient (Wildman–Crippen LogP) is 4.45. The molecule has 1 unspecified atom stereocenters. The first-order chi connectivity index (χ1) is 12.3. The first-order valence-electron chi connectivity index (χ1n) is 8.84. The molecule has 1 saturated heterocycles. The lowest BCUT2D eigenvalue weighted by Crippen LogP contribution is -2.45. The third kappa shape index (κ3) is 4.52. The topological polar surface area (TPSA) is 41.0 Å². The number of anilines is 1. The van der Waals surface area contributed by atoms with Crippen molar-refractivity contribution in [3.05, 3.63) is 42.1 Å². The molecule has 3 rings (SSSR count). The van der Waals surface area contributed by atoms with Crippen molar-refractivity contribution >= 4 is 5.95 Å². The first-order valence-corrected chi connectivity index (χ1v) is 8.84. The summed E-state index contributed by atoms with van der Waals surface area (Å²) >= 11 is 0. The summed E-state index contributed by atoms with van der Waals surface area (Å²) in [6, 6.07) is 7.51. The number of alkyl halides is 3. The molecule has 0 aliphatic carbocycles. The molecule has 0 amide bonds. The second-order valence-corrected chi connectivity index (χ2v) is 6.91. The molecular formula is C19H23F3N4. The Morgan fingerprint density at radius 2 is 1.88 bits per heavy atom. The van der Waals surface area contributed by atoms with Crippen LogP contribution in [-0.2, 0) is 6.18 Å². The van der Waals surface area contributed by atoms with Crippen LogP contribution in [0.25, 0.3) is 11.3 Å². The summed E-state index contributed by atoms with van der Waals surface area (Å²) in [4.78, 5) is 11.2. The summed E-state index contributed by atoms with van der Waals surface area (Å²) in [7, 11) is 0. The van der Waals surface area contributed by atoms with Crippen molar-refractivity contribution in [1.29, 1.82) is 0 Å². The Kier molecular flexibility index (Phi) is 5.46. The van der Waals surface area contributed by atoms with Crippen molar-refractivity contribution in [2.75, 3.05) is 18.4 Å². The van der Waals surface area contributed by atoms with E-state index in [1.54, 1.807) is 12.3 Å². The van der Waals surface area contributed by atoms with Gasteiger partial charge in [0.15, 0.2) is 0 Å². The van der Waals surface area contributed by atoms with E-state index in [0.29, 0.717) is 23.2 Å². The Morgan fingerprint density at radius 3 is 2.54 bits per heavy atom. The lowest BCUT2D eigenvalue weighted by molar-refractivity contribution is -0.137. The van der Waals surface area contributed by atoms with Crippen LogP contribution < -0.4 is 5.32 Å². The zero-order chi connectivity index (χ0) is 18.7. The Morgan fingerprint density at radius 1 is 1.15 bits per heavy atom. The van der Waals surface area contributed by atoms with Crippen LogP contribution in [0.2, 0.25) is 0 Å². The number of hydrogen-bond donors (Lipinski definition) is 1. The number of halogens is 3. The van der Waals surface area contributed by atoms with Crippen LogP contribution >= 0.6 is 0 Å². The van der Waals surface area contributed by atoms with E-state index in [0.717, 1.165) is 38.1 Å². The molecule has 0 radical (unpaired) electrons. The van der Waals surface area contributed by atoms with E-state index in [2.05, 4.69) is 34.0 Å². The quantitative estimate of drug-likeness (QED) is 0.870. The van der Waals surface area contributed by atoms with Gasteiger partial charge in [0.05, 0.1) is 11.3 Å². The molecule has 1 atom stereocenters. The van der Waals surface area contributed by atoms with Gasteiger partial charge in [-0.15, -0.1) is 0 Å². The molecule has 1 aliphatic heterocycles. The van der Waals surface area contributed by atoms with Crippen LogP contribution in [0.5, 0.6) is 0 Å². The van der Waals surface area contributed by atoms with Gasteiger partial charge in [-0.25, -0.2) is 9.97 Å². The highest BCUT2D eigenvalue weighted by Gasteiger charge is 2.30. The fraction of sp³-hybridized carbons (Fsp3) is 0.474. The van der Waals surface area contributed by atoms with Crippen LogP contribution in [0.3, 0.4) is 0 Å². The minimum absolute atomic E-state index is 0.272. The zero-order valence-electron chi connectivity index (χ0n) is 14.9. The first kappa shape index (κ1) is 18.6. The van der Waals surface area contributed by atoms with E-state index < -0.39 is 11.7 Å². The molecule has 1 N–H and O–H groups in total. The average molecular weight is 364 g/mol. The van der Waals surface area contributed by atoms with Crippen molar-refractivity contribution in [2.24, 2.45) is 0 Å². The van der Waals surface area contributed by atoms with Crippen molar-refractivity contribution < 1.29 is 13.2 Å². The molecule has 0 saturated carbocycles. The Hall–Kier alpha value is -2.15. The number of hydrogen-bond acceptors (Lipinski definition) is 4. The molecule has 1 aromatic carbocycles. The highest BCUT2D eigenvalue weighted by molar-refractivity contribution is 5.60. The number of piperidine rings is 1. The average Bonchev–Trinajstić information content (AvgIpc) is 2.61. The van der Waals surface area contributed by atoms with Gasteiger partial charge in [-0.1, -0.05) is 12.1 Å². The number of rotatable bonds is 4. The molecule has 140 valence electrons. The van der Waals surface area contributed by atoms with Gasteiger partial charge in [0.25, 0.3) is 0 Å². The predicted molar refractivity (Wildman–Crippen MR) is 95.8 cm³/mol. The van der Waals surface area contributed by atoms with Gasteiger partial charge < -0.3 is 5.32 Å². The molecule has 0 spiro atoms. The minimum Gasteiger partial charge on any atom is -0.350 e. The Labute approximate surface area is 151 Å². The summed E-state index contributed by atoms with van der Waals surface area (Å²) in [5.74, 6) is 0.512. The number of aromatic nitrogens is 2. The van der Waals surface area contributed by atoms with Gasteiger partial charge in [0.1, 0.15) is 0 Å². The summed E-state index contributed by atoms with van der Waals surface area (Å²) in [5, 5.41) is 3.37. The summed E-state index contributed by atoms with van der Waals surface area (Å²) < 4.78 is 38.1. The fourth-order valence-electron chi connectivity index (χ4n) is 3.19. The van der Waals surface area contributed by atoms with Gasteiger partial charge in [-0.05, 0) is 51.4 Å². The molecule has 2 aromatic rings. The Bertz CT molecular complexity index is 728. The van der Waals surface area contributed by atoms with Crippen molar-refractivity contribution in [3.8, 4) is 11.3 Å². The van der Waals surface area contributed by atoms with Gasteiger partial charge in [-0.3, -0.25) is 4.90 Å². The monoisotopic (exact) mass is 364 g/mol. The second-order valence-electron chi connectivity index (χ2n) is 6.91. The highest BCUT2D eigenvalue weighted by atomic mass is 19.4. The number of benzene rings is 1. The van der Waals surface area contributed by atoms with E-state index in [1.807, 2.05) is 0 Å². The molecule has 1 aromatic heterocycles. The lowest BCUT2D eigenvalue weighted by Gasteiger charge is -2.35.